The molecule has 0 bridgehead atoms. The predicted molar refractivity (Wildman–Crippen MR) is 93.3 cm³/mol. The lowest BCUT2D eigenvalue weighted by atomic mass is 10.2. The second kappa shape index (κ2) is 8.31. The van der Waals surface area contributed by atoms with Gasteiger partial charge in [0.1, 0.15) is 0 Å². The van der Waals surface area contributed by atoms with Crippen molar-refractivity contribution in [2.45, 2.75) is 0 Å². The van der Waals surface area contributed by atoms with Crippen molar-refractivity contribution in [3.8, 4) is 0 Å². The van der Waals surface area contributed by atoms with Crippen LogP contribution in [-0.4, -0.2) is 37.4 Å². The first-order valence-corrected chi connectivity index (χ1v) is 7.49. The van der Waals surface area contributed by atoms with Crippen molar-refractivity contribution in [2.75, 3.05) is 25.1 Å². The summed E-state index contributed by atoms with van der Waals surface area (Å²) >= 11 is 5.78. The number of nitrogens with zero attached hydrogens (tertiary/aromatic N) is 2. The van der Waals surface area contributed by atoms with E-state index in [1.54, 1.807) is 30.5 Å². The summed E-state index contributed by atoms with van der Waals surface area (Å²) in [4.78, 5) is 13.8. The Kier molecular flexibility index (Phi) is 6.14. The van der Waals surface area contributed by atoms with Crippen molar-refractivity contribution in [3.63, 3.8) is 0 Å². The van der Waals surface area contributed by atoms with E-state index in [0.717, 1.165) is 11.3 Å². The minimum absolute atomic E-state index is 0.108. The number of hydrazone groups is 1. The van der Waals surface area contributed by atoms with E-state index in [1.165, 1.54) is 0 Å². The SMILES string of the molecule is CN(CCO)c1ccc(/C=N/NC(=O)c2ccc(Cl)cc2)cc1. The van der Waals surface area contributed by atoms with Gasteiger partial charge < -0.3 is 10.0 Å². The van der Waals surface area contributed by atoms with Crippen molar-refractivity contribution in [3.05, 3.63) is 64.7 Å². The molecule has 1 amide bonds. The zero-order chi connectivity index (χ0) is 16.7. The van der Waals surface area contributed by atoms with Crippen molar-refractivity contribution in [2.24, 2.45) is 5.10 Å². The van der Waals surface area contributed by atoms with Gasteiger partial charge in [-0.1, -0.05) is 23.7 Å². The van der Waals surface area contributed by atoms with Crippen molar-refractivity contribution >= 4 is 29.4 Å². The molecule has 0 aliphatic rings. The molecule has 0 fully saturated rings. The van der Waals surface area contributed by atoms with E-state index in [-0.39, 0.29) is 12.5 Å². The molecule has 0 saturated carbocycles. The number of carbonyl (C=O) groups is 1. The number of rotatable bonds is 6. The Bertz CT molecular complexity index is 669. The zero-order valence-electron chi connectivity index (χ0n) is 12.7. The second-order valence-corrected chi connectivity index (χ2v) is 5.38. The summed E-state index contributed by atoms with van der Waals surface area (Å²) in [6.07, 6.45) is 1.57. The van der Waals surface area contributed by atoms with Crippen LogP contribution in [0.5, 0.6) is 0 Å². The Balaban J connectivity index is 1.92. The highest BCUT2D eigenvalue weighted by Crippen LogP contribution is 2.12. The van der Waals surface area contributed by atoms with E-state index < -0.39 is 0 Å². The van der Waals surface area contributed by atoms with Crippen LogP contribution in [0.3, 0.4) is 0 Å². The van der Waals surface area contributed by atoms with E-state index in [2.05, 4.69) is 10.5 Å². The van der Waals surface area contributed by atoms with Gasteiger partial charge in [-0.2, -0.15) is 5.10 Å². The van der Waals surface area contributed by atoms with E-state index in [4.69, 9.17) is 16.7 Å². The van der Waals surface area contributed by atoms with Crippen molar-refractivity contribution in [1.82, 2.24) is 5.43 Å². The van der Waals surface area contributed by atoms with Crippen LogP contribution in [-0.2, 0) is 0 Å². The van der Waals surface area contributed by atoms with Crippen LogP contribution in [0.15, 0.2) is 53.6 Å². The Morgan fingerprint density at radius 2 is 1.87 bits per heavy atom. The summed E-state index contributed by atoms with van der Waals surface area (Å²) in [7, 11) is 1.91. The lowest BCUT2D eigenvalue weighted by molar-refractivity contribution is 0.0955. The van der Waals surface area contributed by atoms with Crippen LogP contribution < -0.4 is 10.3 Å². The van der Waals surface area contributed by atoms with Crippen LogP contribution in [0, 0.1) is 0 Å². The molecule has 2 N–H and O–H groups in total. The number of halogens is 1. The molecule has 2 rings (SSSR count). The molecule has 0 aliphatic heterocycles. The molecule has 0 aromatic heterocycles. The number of hydrogen-bond donors (Lipinski definition) is 2. The fraction of sp³-hybridized carbons (Fsp3) is 0.176. The maximum absolute atomic E-state index is 11.9. The van der Waals surface area contributed by atoms with Crippen LogP contribution in [0.25, 0.3) is 0 Å². The smallest absolute Gasteiger partial charge is 0.271 e. The van der Waals surface area contributed by atoms with Gasteiger partial charge in [-0.15, -0.1) is 0 Å². The average Bonchev–Trinajstić information content (AvgIpc) is 2.56. The van der Waals surface area contributed by atoms with E-state index in [9.17, 15) is 4.79 Å². The van der Waals surface area contributed by atoms with Crippen LogP contribution in [0.2, 0.25) is 5.02 Å². The largest absolute Gasteiger partial charge is 0.395 e. The lowest BCUT2D eigenvalue weighted by Crippen LogP contribution is -2.20. The summed E-state index contributed by atoms with van der Waals surface area (Å²) < 4.78 is 0. The van der Waals surface area contributed by atoms with Gasteiger partial charge in [0.2, 0.25) is 0 Å². The molecule has 0 aliphatic carbocycles. The first-order chi connectivity index (χ1) is 11.1. The predicted octanol–water partition coefficient (Wildman–Crippen LogP) is 2.53. The molecule has 6 heteroatoms. The molecule has 0 unspecified atom stereocenters. The molecular formula is C17H18ClN3O2. The highest BCUT2D eigenvalue weighted by molar-refractivity contribution is 6.30. The fourth-order valence-corrected chi connectivity index (χ4v) is 2.05. The van der Waals surface area contributed by atoms with Crippen molar-refractivity contribution in [1.29, 1.82) is 0 Å². The summed E-state index contributed by atoms with van der Waals surface area (Å²) in [5.41, 5.74) is 4.83. The molecule has 5 nitrogen and oxygen atoms in total. The maximum Gasteiger partial charge on any atom is 0.271 e. The molecule has 2 aromatic carbocycles. The van der Waals surface area contributed by atoms with Gasteiger partial charge in [0, 0.05) is 29.9 Å². The number of nitrogens with one attached hydrogen (secondary N) is 1. The fourth-order valence-electron chi connectivity index (χ4n) is 1.93. The van der Waals surface area contributed by atoms with Gasteiger partial charge in [-0.05, 0) is 42.0 Å². The number of amides is 1. The zero-order valence-corrected chi connectivity index (χ0v) is 13.5. The molecule has 2 aromatic rings. The third-order valence-electron chi connectivity index (χ3n) is 3.26. The topological polar surface area (TPSA) is 64.9 Å². The Hall–Kier alpha value is -2.37. The average molecular weight is 332 g/mol. The van der Waals surface area contributed by atoms with E-state index in [1.807, 2.05) is 36.2 Å². The molecule has 0 atom stereocenters. The van der Waals surface area contributed by atoms with Gasteiger partial charge in [0.25, 0.3) is 5.91 Å². The summed E-state index contributed by atoms with van der Waals surface area (Å²) in [6.45, 7) is 0.682. The third-order valence-corrected chi connectivity index (χ3v) is 3.51. The second-order valence-electron chi connectivity index (χ2n) is 4.94. The number of hydrogen-bond acceptors (Lipinski definition) is 4. The number of anilines is 1. The number of carbonyl (C=O) groups excluding carboxylic acids is 1. The minimum atomic E-state index is -0.294. The number of aliphatic hydroxyl groups excluding tert-OH is 1. The monoisotopic (exact) mass is 331 g/mol. The van der Waals surface area contributed by atoms with E-state index >= 15 is 0 Å². The van der Waals surface area contributed by atoms with Crippen LogP contribution >= 0.6 is 11.6 Å². The Morgan fingerprint density at radius 3 is 2.48 bits per heavy atom. The number of likely N-dealkylation sites (N-methyl/N-ethyl adjacent to an activating group) is 1. The molecule has 0 saturated heterocycles. The normalized spacial score (nSPS) is 10.7. The Morgan fingerprint density at radius 1 is 1.22 bits per heavy atom. The first-order valence-electron chi connectivity index (χ1n) is 7.11. The molecule has 0 spiro atoms. The minimum Gasteiger partial charge on any atom is -0.395 e. The van der Waals surface area contributed by atoms with Crippen LogP contribution in [0.4, 0.5) is 5.69 Å². The molecular weight excluding hydrogens is 314 g/mol. The lowest BCUT2D eigenvalue weighted by Gasteiger charge is -2.17. The standard InChI is InChI=1S/C17H18ClN3O2/c1-21(10-11-22)16-8-2-13(3-9-16)12-19-20-17(23)14-4-6-15(18)7-5-14/h2-9,12,22H,10-11H2,1H3,(H,20,23)/b19-12+. The van der Waals surface area contributed by atoms with Crippen molar-refractivity contribution < 1.29 is 9.90 Å². The molecule has 23 heavy (non-hydrogen) atoms. The summed E-state index contributed by atoms with van der Waals surface area (Å²) in [5, 5.41) is 13.4. The number of aliphatic hydroxyl groups is 1. The quantitative estimate of drug-likeness (QED) is 0.631. The number of benzene rings is 2. The van der Waals surface area contributed by atoms with Gasteiger partial charge in [-0.3, -0.25) is 4.79 Å². The Labute approximate surface area is 140 Å². The maximum atomic E-state index is 11.9. The highest BCUT2D eigenvalue weighted by Gasteiger charge is 2.03. The van der Waals surface area contributed by atoms with Gasteiger partial charge in [0.05, 0.1) is 12.8 Å². The highest BCUT2D eigenvalue weighted by atomic mass is 35.5. The molecule has 0 heterocycles. The van der Waals surface area contributed by atoms with E-state index in [0.29, 0.717) is 17.1 Å². The van der Waals surface area contributed by atoms with Gasteiger partial charge in [-0.25, -0.2) is 5.43 Å². The van der Waals surface area contributed by atoms with Gasteiger partial charge >= 0.3 is 0 Å². The summed E-state index contributed by atoms with van der Waals surface area (Å²) in [5.74, 6) is -0.294. The third kappa shape index (κ3) is 5.09. The first kappa shape index (κ1) is 17.0. The summed E-state index contributed by atoms with van der Waals surface area (Å²) in [6, 6.07) is 14.2. The van der Waals surface area contributed by atoms with Gasteiger partial charge in [0.15, 0.2) is 0 Å². The molecule has 0 radical (unpaired) electrons. The molecule has 120 valence electrons. The van der Waals surface area contributed by atoms with Crippen LogP contribution in [0.1, 0.15) is 15.9 Å².